The Labute approximate surface area is 176 Å². The minimum atomic E-state index is -0.641. The summed E-state index contributed by atoms with van der Waals surface area (Å²) in [6.45, 7) is 3.51. The maximum atomic E-state index is 12.1. The molecule has 1 fully saturated rings. The van der Waals surface area contributed by atoms with Crippen LogP contribution in [-0.2, 0) is 4.79 Å². The first-order valence-electron chi connectivity index (χ1n) is 10.6. The van der Waals surface area contributed by atoms with Gasteiger partial charge in [-0.3, -0.25) is 9.79 Å². The summed E-state index contributed by atoms with van der Waals surface area (Å²) < 4.78 is 1.17. The summed E-state index contributed by atoms with van der Waals surface area (Å²) in [7, 11) is 0. The Morgan fingerprint density at radius 1 is 1.24 bits per heavy atom. The molecular weight excluding hydrogens is 384 g/mol. The molecule has 0 aliphatic heterocycles. The van der Waals surface area contributed by atoms with Gasteiger partial charge in [0.15, 0.2) is 5.96 Å². The predicted octanol–water partition coefficient (Wildman–Crippen LogP) is 3.33. The third-order valence-corrected chi connectivity index (χ3v) is 6.37. The predicted molar refractivity (Wildman–Crippen MR) is 120 cm³/mol. The van der Waals surface area contributed by atoms with Crippen molar-refractivity contribution in [2.75, 3.05) is 19.6 Å². The van der Waals surface area contributed by atoms with Gasteiger partial charge in [-0.25, -0.2) is 0 Å². The standard InChI is InChI=1S/C22H32N4O2S/c1-2-23-22(24-13-12-21(28)26-17-9-4-3-5-10-17)25-15-18(27)20-14-16-8-6-7-11-19(16)29-20/h6-8,11,14,17-18,27H,2-5,9-10,12-13,15H2,1H3,(H,26,28)(H2,23,24,25). The molecule has 0 bridgehead atoms. The number of fused-ring (bicyclic) bond motifs is 1. The lowest BCUT2D eigenvalue weighted by Crippen LogP contribution is -2.41. The van der Waals surface area contributed by atoms with Crippen molar-refractivity contribution in [1.82, 2.24) is 16.0 Å². The molecule has 6 nitrogen and oxygen atoms in total. The van der Waals surface area contributed by atoms with Crippen molar-refractivity contribution in [3.63, 3.8) is 0 Å². The quantitative estimate of drug-likeness (QED) is 0.393. The molecule has 1 aromatic heterocycles. The van der Waals surface area contributed by atoms with Crippen molar-refractivity contribution in [3.05, 3.63) is 35.2 Å². The average Bonchev–Trinajstić information content (AvgIpc) is 3.17. The van der Waals surface area contributed by atoms with Crippen LogP contribution in [0, 0.1) is 0 Å². The van der Waals surface area contributed by atoms with Gasteiger partial charge in [-0.1, -0.05) is 37.5 Å². The fraction of sp³-hybridized carbons (Fsp3) is 0.545. The van der Waals surface area contributed by atoms with Crippen LogP contribution in [0.5, 0.6) is 0 Å². The van der Waals surface area contributed by atoms with Gasteiger partial charge in [-0.05, 0) is 37.3 Å². The SMILES string of the molecule is CCNC(=NCC(O)c1cc2ccccc2s1)NCCC(=O)NC1CCCCC1. The first-order valence-corrected chi connectivity index (χ1v) is 11.5. The zero-order chi connectivity index (χ0) is 20.5. The van der Waals surface area contributed by atoms with E-state index in [1.54, 1.807) is 11.3 Å². The van der Waals surface area contributed by atoms with Crippen LogP contribution in [0.3, 0.4) is 0 Å². The van der Waals surface area contributed by atoms with Crippen LogP contribution in [0.15, 0.2) is 35.3 Å². The number of benzene rings is 1. The maximum Gasteiger partial charge on any atom is 0.221 e. The van der Waals surface area contributed by atoms with Gasteiger partial charge < -0.3 is 21.1 Å². The van der Waals surface area contributed by atoms with Crippen LogP contribution < -0.4 is 16.0 Å². The molecule has 1 aliphatic carbocycles. The third kappa shape index (κ3) is 6.72. The van der Waals surface area contributed by atoms with Gasteiger partial charge in [0, 0.05) is 35.1 Å². The lowest BCUT2D eigenvalue weighted by atomic mass is 9.95. The topological polar surface area (TPSA) is 85.8 Å². The highest BCUT2D eigenvalue weighted by Crippen LogP contribution is 2.29. The molecule has 3 rings (SSSR count). The van der Waals surface area contributed by atoms with E-state index in [0.29, 0.717) is 25.0 Å². The Kier molecular flexibility index (Phi) is 8.31. The van der Waals surface area contributed by atoms with Crippen molar-refractivity contribution < 1.29 is 9.90 Å². The molecule has 7 heteroatoms. The van der Waals surface area contributed by atoms with Gasteiger partial charge in [0.2, 0.25) is 5.91 Å². The smallest absolute Gasteiger partial charge is 0.221 e. The number of rotatable bonds is 8. The largest absolute Gasteiger partial charge is 0.386 e. The molecule has 29 heavy (non-hydrogen) atoms. The Hall–Kier alpha value is -2.12. The summed E-state index contributed by atoms with van der Waals surface area (Å²) in [6, 6.07) is 10.5. The van der Waals surface area contributed by atoms with E-state index in [9.17, 15) is 9.90 Å². The van der Waals surface area contributed by atoms with E-state index < -0.39 is 6.10 Å². The fourth-order valence-electron chi connectivity index (χ4n) is 3.62. The number of aliphatic imine (C=N–C) groups is 1. The van der Waals surface area contributed by atoms with Crippen molar-refractivity contribution in [2.24, 2.45) is 4.99 Å². The molecule has 1 unspecified atom stereocenters. The number of guanidine groups is 1. The number of hydrogen-bond donors (Lipinski definition) is 4. The molecule has 4 N–H and O–H groups in total. The summed E-state index contributed by atoms with van der Waals surface area (Å²) in [4.78, 5) is 17.5. The highest BCUT2D eigenvalue weighted by atomic mass is 32.1. The molecule has 0 spiro atoms. The number of carbonyl (C=O) groups is 1. The summed E-state index contributed by atoms with van der Waals surface area (Å²) in [5.41, 5.74) is 0. The molecule has 1 aromatic carbocycles. The number of hydrogen-bond acceptors (Lipinski definition) is 4. The third-order valence-electron chi connectivity index (χ3n) is 5.15. The van der Waals surface area contributed by atoms with Crippen molar-refractivity contribution in [1.29, 1.82) is 0 Å². The highest BCUT2D eigenvalue weighted by molar-refractivity contribution is 7.19. The molecule has 0 saturated heterocycles. The summed E-state index contributed by atoms with van der Waals surface area (Å²) >= 11 is 1.60. The molecule has 1 saturated carbocycles. The highest BCUT2D eigenvalue weighted by Gasteiger charge is 2.15. The van der Waals surface area contributed by atoms with Gasteiger partial charge in [0.05, 0.1) is 6.54 Å². The maximum absolute atomic E-state index is 12.1. The summed E-state index contributed by atoms with van der Waals surface area (Å²) in [5.74, 6) is 0.712. The molecule has 2 aromatic rings. The van der Waals surface area contributed by atoms with Gasteiger partial charge >= 0.3 is 0 Å². The van der Waals surface area contributed by atoms with Crippen LogP contribution in [0.2, 0.25) is 0 Å². The summed E-state index contributed by atoms with van der Waals surface area (Å²) in [5, 5.41) is 21.2. The monoisotopic (exact) mass is 416 g/mol. The molecule has 1 aliphatic rings. The summed E-state index contributed by atoms with van der Waals surface area (Å²) in [6.07, 6.45) is 5.67. The molecule has 1 amide bonds. The lowest BCUT2D eigenvalue weighted by Gasteiger charge is -2.22. The zero-order valence-corrected chi connectivity index (χ0v) is 17.9. The van der Waals surface area contributed by atoms with E-state index in [1.165, 1.54) is 24.0 Å². The zero-order valence-electron chi connectivity index (χ0n) is 17.1. The van der Waals surface area contributed by atoms with Crippen LogP contribution in [0.4, 0.5) is 0 Å². The first-order chi connectivity index (χ1) is 14.2. The minimum absolute atomic E-state index is 0.0885. The first kappa shape index (κ1) is 21.6. The van der Waals surface area contributed by atoms with Gasteiger partial charge in [-0.15, -0.1) is 11.3 Å². The van der Waals surface area contributed by atoms with E-state index in [0.717, 1.165) is 29.6 Å². The van der Waals surface area contributed by atoms with E-state index in [1.807, 2.05) is 25.1 Å². The van der Waals surface area contributed by atoms with Crippen molar-refractivity contribution in [2.45, 2.75) is 57.6 Å². The second kappa shape index (κ2) is 11.2. The van der Waals surface area contributed by atoms with Gasteiger partial charge in [0.1, 0.15) is 6.10 Å². The Morgan fingerprint density at radius 3 is 2.79 bits per heavy atom. The molecule has 158 valence electrons. The molecule has 1 atom stereocenters. The number of carbonyl (C=O) groups excluding carboxylic acids is 1. The normalized spacial score (nSPS) is 16.6. The van der Waals surface area contributed by atoms with Crippen LogP contribution in [0.25, 0.3) is 10.1 Å². The molecule has 1 heterocycles. The molecular formula is C22H32N4O2S. The fourth-order valence-corrected chi connectivity index (χ4v) is 4.66. The number of nitrogens with zero attached hydrogens (tertiary/aromatic N) is 1. The second-order valence-corrected chi connectivity index (χ2v) is 8.62. The van der Waals surface area contributed by atoms with E-state index >= 15 is 0 Å². The number of nitrogens with one attached hydrogen (secondary N) is 3. The Morgan fingerprint density at radius 2 is 2.03 bits per heavy atom. The number of thiophene rings is 1. The average molecular weight is 417 g/mol. The number of amides is 1. The lowest BCUT2D eigenvalue weighted by molar-refractivity contribution is -0.121. The number of aliphatic hydroxyl groups excluding tert-OH is 1. The van der Waals surface area contributed by atoms with Crippen LogP contribution in [-0.4, -0.2) is 42.6 Å². The van der Waals surface area contributed by atoms with Crippen molar-refractivity contribution >= 4 is 33.3 Å². The minimum Gasteiger partial charge on any atom is -0.386 e. The Balaban J connectivity index is 1.46. The van der Waals surface area contributed by atoms with Gasteiger partial charge in [-0.2, -0.15) is 0 Å². The Bertz CT molecular complexity index is 781. The van der Waals surface area contributed by atoms with Crippen LogP contribution >= 0.6 is 11.3 Å². The van der Waals surface area contributed by atoms with E-state index in [2.05, 4.69) is 33.1 Å². The van der Waals surface area contributed by atoms with Crippen LogP contribution in [0.1, 0.15) is 56.4 Å². The van der Waals surface area contributed by atoms with Crippen molar-refractivity contribution in [3.8, 4) is 0 Å². The second-order valence-electron chi connectivity index (χ2n) is 7.50. The number of aliphatic hydroxyl groups is 1. The van der Waals surface area contributed by atoms with Gasteiger partial charge in [0.25, 0.3) is 0 Å². The van der Waals surface area contributed by atoms with E-state index in [-0.39, 0.29) is 12.5 Å². The van der Waals surface area contributed by atoms with E-state index in [4.69, 9.17) is 0 Å². The molecule has 0 radical (unpaired) electrons.